The lowest BCUT2D eigenvalue weighted by Gasteiger charge is -2.30. The van der Waals surface area contributed by atoms with Gasteiger partial charge in [-0.15, -0.1) is 0 Å². The monoisotopic (exact) mass is 370 g/mol. The zero-order valence-corrected chi connectivity index (χ0v) is 15.7. The number of nitrogens with zero attached hydrogens (tertiary/aromatic N) is 1. The van der Waals surface area contributed by atoms with Crippen LogP contribution in [0.1, 0.15) is 31.4 Å². The second-order valence-corrected chi connectivity index (χ2v) is 6.14. The predicted molar refractivity (Wildman–Crippen MR) is 105 cm³/mol. The van der Waals surface area contributed by atoms with Crippen LogP contribution in [-0.2, 0) is 6.54 Å². The molecule has 0 saturated carbocycles. The third-order valence-corrected chi connectivity index (χ3v) is 4.35. The molecule has 1 aromatic carbocycles. The average Bonchev–Trinajstić information content (AvgIpc) is 3.35. The Hall–Kier alpha value is -2.73. The number of thiocarbonyl (C=S) groups is 1. The van der Waals surface area contributed by atoms with Crippen LogP contribution in [0, 0.1) is 0 Å². The van der Waals surface area contributed by atoms with E-state index in [2.05, 4.69) is 5.32 Å². The van der Waals surface area contributed by atoms with E-state index in [4.69, 9.17) is 25.8 Å². The molecule has 0 aliphatic carbocycles. The second-order valence-electron chi connectivity index (χ2n) is 5.76. The number of nitrogens with one attached hydrogen (secondary N) is 1. The van der Waals surface area contributed by atoms with Gasteiger partial charge in [-0.1, -0.05) is 12.1 Å². The van der Waals surface area contributed by atoms with Crippen LogP contribution >= 0.6 is 12.2 Å². The van der Waals surface area contributed by atoms with Crippen LogP contribution in [-0.4, -0.2) is 16.6 Å². The van der Waals surface area contributed by atoms with Gasteiger partial charge in [-0.2, -0.15) is 0 Å². The fourth-order valence-corrected chi connectivity index (χ4v) is 3.01. The molecule has 0 bridgehead atoms. The number of hydrogen-bond acceptors (Lipinski definition) is 4. The highest BCUT2D eigenvalue weighted by atomic mass is 32.1. The Kier molecular flexibility index (Phi) is 5.96. The summed E-state index contributed by atoms with van der Waals surface area (Å²) in [6.45, 7) is 5.11. The minimum atomic E-state index is -0.0608. The van der Waals surface area contributed by atoms with E-state index in [-0.39, 0.29) is 6.04 Å². The van der Waals surface area contributed by atoms with Crippen LogP contribution in [0.5, 0.6) is 5.75 Å². The molecule has 6 heteroatoms. The average molecular weight is 370 g/mol. The van der Waals surface area contributed by atoms with Crippen molar-refractivity contribution in [3.63, 3.8) is 0 Å². The highest BCUT2D eigenvalue weighted by molar-refractivity contribution is 7.80. The van der Waals surface area contributed by atoms with Gasteiger partial charge >= 0.3 is 0 Å². The van der Waals surface area contributed by atoms with Crippen molar-refractivity contribution in [2.75, 3.05) is 11.9 Å². The largest absolute Gasteiger partial charge is 0.492 e. The number of benzene rings is 1. The number of furan rings is 2. The van der Waals surface area contributed by atoms with E-state index in [9.17, 15) is 0 Å². The maximum absolute atomic E-state index is 5.70. The highest BCUT2D eigenvalue weighted by Crippen LogP contribution is 2.27. The minimum Gasteiger partial charge on any atom is -0.492 e. The molecule has 3 aromatic rings. The van der Waals surface area contributed by atoms with Gasteiger partial charge in [0.25, 0.3) is 0 Å². The molecular formula is C20H22N2O3S. The Bertz CT molecular complexity index is 815. The van der Waals surface area contributed by atoms with Crippen LogP contribution in [0.3, 0.4) is 0 Å². The molecule has 0 fully saturated rings. The van der Waals surface area contributed by atoms with E-state index in [1.54, 1.807) is 12.5 Å². The van der Waals surface area contributed by atoms with E-state index < -0.39 is 0 Å². The Morgan fingerprint density at radius 2 is 1.88 bits per heavy atom. The van der Waals surface area contributed by atoms with E-state index in [0.29, 0.717) is 18.3 Å². The second kappa shape index (κ2) is 8.58. The molecule has 0 aliphatic rings. The summed E-state index contributed by atoms with van der Waals surface area (Å²) in [5.41, 5.74) is 0.829. The van der Waals surface area contributed by atoms with Gasteiger partial charge in [0.15, 0.2) is 5.11 Å². The fourth-order valence-electron chi connectivity index (χ4n) is 2.68. The first kappa shape index (κ1) is 18.1. The van der Waals surface area contributed by atoms with Gasteiger partial charge in [0.05, 0.1) is 37.4 Å². The molecule has 0 saturated heterocycles. The lowest BCUT2D eigenvalue weighted by molar-refractivity contribution is 0.269. The topological polar surface area (TPSA) is 50.8 Å². The molecule has 0 radical (unpaired) electrons. The van der Waals surface area contributed by atoms with Gasteiger partial charge in [0, 0.05) is 0 Å². The molecule has 0 aliphatic heterocycles. The molecule has 26 heavy (non-hydrogen) atoms. The molecule has 0 amide bonds. The summed E-state index contributed by atoms with van der Waals surface area (Å²) in [5, 5.41) is 3.87. The number of anilines is 1. The van der Waals surface area contributed by atoms with Gasteiger partial charge in [0.1, 0.15) is 17.3 Å². The standard InChI is InChI=1S/C20H22N2O3S/c1-3-23-19-10-5-4-9-17(19)21-20(26)22(14-16-8-6-12-24-16)15(2)18-11-7-13-25-18/h4-13,15H,3,14H2,1-2H3,(H,21,26). The number of para-hydroxylation sites is 2. The number of hydrogen-bond donors (Lipinski definition) is 1. The lowest BCUT2D eigenvalue weighted by Crippen LogP contribution is -2.36. The van der Waals surface area contributed by atoms with Crippen molar-refractivity contribution in [3.05, 3.63) is 72.6 Å². The van der Waals surface area contributed by atoms with Crippen LogP contribution in [0.25, 0.3) is 0 Å². The van der Waals surface area contributed by atoms with Gasteiger partial charge in [0.2, 0.25) is 0 Å². The molecule has 5 nitrogen and oxygen atoms in total. The maximum Gasteiger partial charge on any atom is 0.174 e. The van der Waals surface area contributed by atoms with Gasteiger partial charge in [-0.25, -0.2) is 0 Å². The normalized spacial score (nSPS) is 11.8. The van der Waals surface area contributed by atoms with Crippen molar-refractivity contribution in [1.29, 1.82) is 0 Å². The Labute approximate surface area is 158 Å². The third kappa shape index (κ3) is 4.26. The smallest absolute Gasteiger partial charge is 0.174 e. The quantitative estimate of drug-likeness (QED) is 0.575. The number of rotatable bonds is 7. The predicted octanol–water partition coefficient (Wildman–Crippen LogP) is 5.23. The molecule has 1 atom stereocenters. The maximum atomic E-state index is 5.70. The summed E-state index contributed by atoms with van der Waals surface area (Å²) >= 11 is 5.70. The summed E-state index contributed by atoms with van der Waals surface area (Å²) in [7, 11) is 0. The third-order valence-electron chi connectivity index (χ3n) is 4.02. The molecule has 2 heterocycles. The summed E-state index contributed by atoms with van der Waals surface area (Å²) < 4.78 is 16.8. The first-order valence-electron chi connectivity index (χ1n) is 8.54. The minimum absolute atomic E-state index is 0.0608. The zero-order chi connectivity index (χ0) is 18.4. The van der Waals surface area contributed by atoms with Gasteiger partial charge in [-0.05, 0) is 62.5 Å². The lowest BCUT2D eigenvalue weighted by atomic mass is 10.2. The van der Waals surface area contributed by atoms with Crippen molar-refractivity contribution >= 4 is 23.0 Å². The molecule has 0 spiro atoms. The molecule has 136 valence electrons. The van der Waals surface area contributed by atoms with Crippen molar-refractivity contribution < 1.29 is 13.6 Å². The fraction of sp³-hybridized carbons (Fsp3) is 0.250. The highest BCUT2D eigenvalue weighted by Gasteiger charge is 2.23. The molecule has 1 N–H and O–H groups in total. The molecule has 1 unspecified atom stereocenters. The van der Waals surface area contributed by atoms with Crippen LogP contribution < -0.4 is 10.1 Å². The summed E-state index contributed by atoms with van der Waals surface area (Å²) in [6, 6.07) is 15.3. The molecular weight excluding hydrogens is 348 g/mol. The SMILES string of the molecule is CCOc1ccccc1NC(=S)N(Cc1ccco1)C(C)c1ccco1. The van der Waals surface area contributed by atoms with Crippen LogP contribution in [0.15, 0.2) is 69.9 Å². The van der Waals surface area contributed by atoms with Gasteiger partial charge in [-0.3, -0.25) is 0 Å². The zero-order valence-electron chi connectivity index (χ0n) is 14.8. The van der Waals surface area contributed by atoms with E-state index in [1.165, 1.54) is 0 Å². The first-order valence-corrected chi connectivity index (χ1v) is 8.95. The summed E-state index contributed by atoms with van der Waals surface area (Å²) in [5.74, 6) is 2.42. The Balaban J connectivity index is 1.82. The van der Waals surface area contributed by atoms with Crippen LogP contribution in [0.4, 0.5) is 5.69 Å². The first-order chi connectivity index (χ1) is 12.7. The summed E-state index contributed by atoms with van der Waals surface area (Å²) in [4.78, 5) is 2.02. The number of ether oxygens (including phenoxy) is 1. The van der Waals surface area contributed by atoms with Crippen molar-refractivity contribution in [1.82, 2.24) is 4.90 Å². The van der Waals surface area contributed by atoms with E-state index in [0.717, 1.165) is 23.0 Å². The Morgan fingerprint density at radius 3 is 2.58 bits per heavy atom. The molecule has 3 rings (SSSR count). The van der Waals surface area contributed by atoms with E-state index >= 15 is 0 Å². The van der Waals surface area contributed by atoms with Gasteiger partial charge < -0.3 is 23.8 Å². The van der Waals surface area contributed by atoms with Crippen molar-refractivity contribution in [2.24, 2.45) is 0 Å². The van der Waals surface area contributed by atoms with Crippen molar-refractivity contribution in [2.45, 2.75) is 26.4 Å². The Morgan fingerprint density at radius 1 is 1.12 bits per heavy atom. The van der Waals surface area contributed by atoms with E-state index in [1.807, 2.05) is 67.3 Å². The van der Waals surface area contributed by atoms with Crippen LogP contribution in [0.2, 0.25) is 0 Å². The molecule has 2 aromatic heterocycles. The van der Waals surface area contributed by atoms with Crippen molar-refractivity contribution in [3.8, 4) is 5.75 Å². The summed E-state index contributed by atoms with van der Waals surface area (Å²) in [6.07, 6.45) is 3.32.